The molecule has 0 spiro atoms. The van der Waals surface area contributed by atoms with Crippen LogP contribution in [0.5, 0.6) is 0 Å². The Labute approximate surface area is 238 Å². The van der Waals surface area contributed by atoms with Gasteiger partial charge in [0.2, 0.25) is 5.91 Å². The minimum atomic E-state index is -0.611. The van der Waals surface area contributed by atoms with Crippen molar-refractivity contribution in [2.45, 2.75) is 63.7 Å². The van der Waals surface area contributed by atoms with Crippen LogP contribution in [0.25, 0.3) is 0 Å². The second-order valence-corrected chi connectivity index (χ2v) is 12.3. The molecule has 0 unspecified atom stereocenters. The Morgan fingerprint density at radius 3 is 2.24 bits per heavy atom. The van der Waals surface area contributed by atoms with E-state index in [9.17, 15) is 9.59 Å². The molecular weight excluding hydrogens is 539 g/mol. The number of hydrogen-bond acceptors (Lipinski definition) is 5. The Bertz CT molecular complexity index is 1330. The predicted molar refractivity (Wildman–Crippen MR) is 155 cm³/mol. The van der Waals surface area contributed by atoms with Crippen LogP contribution in [0.3, 0.4) is 0 Å². The van der Waals surface area contributed by atoms with Gasteiger partial charge in [-0.2, -0.15) is 0 Å². The third kappa shape index (κ3) is 4.42. The Kier molecular flexibility index (Phi) is 7.31. The monoisotopic (exact) mass is 570 g/mol. The molecule has 9 heteroatoms. The molecule has 4 atom stereocenters. The van der Waals surface area contributed by atoms with Crippen LogP contribution in [-0.2, 0) is 15.1 Å². The van der Waals surface area contributed by atoms with E-state index in [1.54, 1.807) is 19.0 Å². The highest BCUT2D eigenvalue weighted by Gasteiger charge is 2.53. The number of allylic oxidation sites excluding steroid dienone is 1. The molecule has 2 amide bonds. The van der Waals surface area contributed by atoms with Crippen LogP contribution in [0.15, 0.2) is 64.1 Å². The van der Waals surface area contributed by atoms with Crippen LogP contribution >= 0.6 is 35.0 Å². The number of rotatable bonds is 5. The number of hydrogen-bond donors (Lipinski definition) is 0. The number of carbonyl (C=O) groups is 2. The first kappa shape index (κ1) is 27.1. The van der Waals surface area contributed by atoms with Crippen molar-refractivity contribution in [3.05, 3.63) is 80.3 Å². The zero-order chi connectivity index (χ0) is 27.4. The number of halogens is 2. The highest BCUT2D eigenvalue weighted by Crippen LogP contribution is 2.55. The van der Waals surface area contributed by atoms with E-state index in [0.29, 0.717) is 21.4 Å². The van der Waals surface area contributed by atoms with Crippen LogP contribution in [-0.4, -0.2) is 57.9 Å². The summed E-state index contributed by atoms with van der Waals surface area (Å²) in [4.78, 5) is 38.6. The maximum absolute atomic E-state index is 14.1. The summed E-state index contributed by atoms with van der Waals surface area (Å²) in [6, 6.07) is 15.0. The Morgan fingerprint density at radius 1 is 1.05 bits per heavy atom. The van der Waals surface area contributed by atoms with E-state index in [4.69, 9.17) is 28.2 Å². The smallest absolute Gasteiger partial charge is 0.263 e. The van der Waals surface area contributed by atoms with Crippen LogP contribution in [0.4, 0.5) is 0 Å². The van der Waals surface area contributed by atoms with E-state index in [2.05, 4.69) is 18.7 Å². The van der Waals surface area contributed by atoms with Gasteiger partial charge in [0.25, 0.3) is 5.91 Å². The molecule has 0 aromatic heterocycles. The number of amidine groups is 1. The highest BCUT2D eigenvalue weighted by atomic mass is 35.5. The third-order valence-electron chi connectivity index (χ3n) is 7.95. The molecule has 38 heavy (non-hydrogen) atoms. The molecule has 0 N–H and O–H groups in total. The summed E-state index contributed by atoms with van der Waals surface area (Å²) in [7, 11) is 3.50. The standard InChI is InChI=1S/C29H32Cl2N4O2S/c1-6-22-15-16-23(26(36)33(4)5)35(22)27(37)24-17(2)34-25(18-7-11-20(30)12-8-18)29(3,32-28(34)38-24)19-9-13-21(31)14-10-19/h7-14,22-23,25H,6,15-16H2,1-5H3/t22-,23+,25-,29+/m1/s1. The molecule has 6 nitrogen and oxygen atoms in total. The van der Waals surface area contributed by atoms with Crippen molar-refractivity contribution in [3.8, 4) is 0 Å². The second kappa shape index (κ2) is 10.2. The van der Waals surface area contributed by atoms with Gasteiger partial charge in [-0.1, -0.05) is 54.4 Å². The Hall–Kier alpha value is -2.48. The summed E-state index contributed by atoms with van der Waals surface area (Å²) in [5.74, 6) is -0.111. The van der Waals surface area contributed by atoms with Crippen molar-refractivity contribution >= 4 is 51.9 Å². The fourth-order valence-corrected chi connectivity index (χ4v) is 7.38. The second-order valence-electron chi connectivity index (χ2n) is 10.5. The lowest BCUT2D eigenvalue weighted by atomic mass is 9.81. The molecule has 0 bridgehead atoms. The van der Waals surface area contributed by atoms with Gasteiger partial charge in [-0.3, -0.25) is 9.59 Å². The number of aliphatic imine (C=N–C) groups is 1. The highest BCUT2D eigenvalue weighted by molar-refractivity contribution is 8.18. The van der Waals surface area contributed by atoms with Gasteiger partial charge in [0.05, 0.1) is 10.9 Å². The minimum absolute atomic E-state index is 0.0252. The molecular formula is C29H32Cl2N4O2S. The van der Waals surface area contributed by atoms with Gasteiger partial charge in [0.15, 0.2) is 5.17 Å². The molecule has 0 radical (unpaired) electrons. The van der Waals surface area contributed by atoms with Crippen LogP contribution < -0.4 is 0 Å². The van der Waals surface area contributed by atoms with Gasteiger partial charge >= 0.3 is 0 Å². The number of carbonyl (C=O) groups excluding carboxylic acids is 2. The lowest BCUT2D eigenvalue weighted by Gasteiger charge is -2.36. The first-order valence-electron chi connectivity index (χ1n) is 12.9. The van der Waals surface area contributed by atoms with E-state index in [0.717, 1.165) is 34.8 Å². The summed E-state index contributed by atoms with van der Waals surface area (Å²) >= 11 is 13.9. The van der Waals surface area contributed by atoms with Crippen molar-refractivity contribution in [3.63, 3.8) is 0 Å². The molecule has 3 aliphatic heterocycles. The maximum Gasteiger partial charge on any atom is 0.263 e. The van der Waals surface area contributed by atoms with E-state index < -0.39 is 11.6 Å². The van der Waals surface area contributed by atoms with Gasteiger partial charge in [-0.25, -0.2) is 4.99 Å². The average Bonchev–Trinajstić information content (AvgIpc) is 3.55. The van der Waals surface area contributed by atoms with Gasteiger partial charge in [-0.15, -0.1) is 0 Å². The summed E-state index contributed by atoms with van der Waals surface area (Å²) in [5, 5.41) is 2.12. The van der Waals surface area contributed by atoms with Crippen molar-refractivity contribution in [2.75, 3.05) is 14.1 Å². The summed E-state index contributed by atoms with van der Waals surface area (Å²) in [5.41, 5.74) is 2.33. The molecule has 2 aromatic rings. The molecule has 3 heterocycles. The van der Waals surface area contributed by atoms with Gasteiger partial charge in [0.1, 0.15) is 11.6 Å². The predicted octanol–water partition coefficient (Wildman–Crippen LogP) is 6.46. The third-order valence-corrected chi connectivity index (χ3v) is 9.60. The van der Waals surface area contributed by atoms with Crippen LogP contribution in [0.1, 0.15) is 57.2 Å². The fourth-order valence-electron chi connectivity index (χ4n) is 5.93. The minimum Gasteiger partial charge on any atom is -0.347 e. The van der Waals surface area contributed by atoms with E-state index in [-0.39, 0.29) is 23.9 Å². The zero-order valence-corrected chi connectivity index (χ0v) is 24.6. The Balaban J connectivity index is 1.56. The first-order chi connectivity index (χ1) is 18.1. The lowest BCUT2D eigenvalue weighted by molar-refractivity contribution is -0.141. The molecule has 3 aliphatic rings. The number of nitrogens with zero attached hydrogens (tertiary/aromatic N) is 4. The molecule has 1 fully saturated rings. The maximum atomic E-state index is 14.1. The lowest BCUT2D eigenvalue weighted by Crippen LogP contribution is -2.48. The van der Waals surface area contributed by atoms with Gasteiger partial charge in [0, 0.05) is 35.9 Å². The largest absolute Gasteiger partial charge is 0.347 e. The number of likely N-dealkylation sites (N-methyl/N-ethyl adjacent to an activating group) is 1. The van der Waals surface area contributed by atoms with E-state index in [1.807, 2.05) is 60.4 Å². The van der Waals surface area contributed by atoms with Crippen molar-refractivity contribution < 1.29 is 9.59 Å². The number of fused-ring (bicyclic) bond motifs is 1. The van der Waals surface area contributed by atoms with Crippen molar-refractivity contribution in [1.29, 1.82) is 0 Å². The van der Waals surface area contributed by atoms with Gasteiger partial charge in [-0.05, 0) is 80.3 Å². The van der Waals surface area contributed by atoms with Crippen molar-refractivity contribution in [1.82, 2.24) is 14.7 Å². The van der Waals surface area contributed by atoms with Crippen LogP contribution in [0, 0.1) is 0 Å². The molecule has 200 valence electrons. The number of thioether (sulfide) groups is 1. The van der Waals surface area contributed by atoms with Crippen molar-refractivity contribution in [2.24, 2.45) is 4.99 Å². The molecule has 0 saturated carbocycles. The molecule has 5 rings (SSSR count). The number of benzene rings is 2. The number of amides is 2. The summed E-state index contributed by atoms with van der Waals surface area (Å²) < 4.78 is 0. The van der Waals surface area contributed by atoms with Gasteiger partial charge < -0.3 is 14.7 Å². The number of likely N-dealkylation sites (tertiary alicyclic amines) is 1. The summed E-state index contributed by atoms with van der Waals surface area (Å²) in [6.07, 6.45) is 2.33. The molecule has 1 saturated heterocycles. The first-order valence-corrected chi connectivity index (χ1v) is 14.5. The zero-order valence-electron chi connectivity index (χ0n) is 22.2. The quantitative estimate of drug-likeness (QED) is 0.414. The average molecular weight is 572 g/mol. The Morgan fingerprint density at radius 2 is 1.66 bits per heavy atom. The van der Waals surface area contributed by atoms with E-state index >= 15 is 0 Å². The molecule has 2 aromatic carbocycles. The van der Waals surface area contributed by atoms with Crippen LogP contribution in [0.2, 0.25) is 10.0 Å². The topological polar surface area (TPSA) is 56.2 Å². The fraction of sp³-hybridized carbons (Fsp3) is 0.414. The normalized spacial score (nSPS) is 26.6. The SMILES string of the molecule is CC[C@@H]1CC[C@@H](C(=O)N(C)C)N1C(=O)C1=C(C)N2C(=N[C@@](C)(c3ccc(Cl)cc3)[C@H]2c2ccc(Cl)cc2)S1. The van der Waals surface area contributed by atoms with E-state index in [1.165, 1.54) is 11.8 Å². The summed E-state index contributed by atoms with van der Waals surface area (Å²) in [6.45, 7) is 6.18. The molecule has 0 aliphatic carbocycles.